The second-order valence-corrected chi connectivity index (χ2v) is 12.3. The molecular formula is C27H28N3O8S2-. The van der Waals surface area contributed by atoms with Crippen molar-refractivity contribution in [3.8, 4) is 11.5 Å². The van der Waals surface area contributed by atoms with E-state index >= 15 is 0 Å². The van der Waals surface area contributed by atoms with Crippen LogP contribution in [0.25, 0.3) is 12.2 Å². The van der Waals surface area contributed by atoms with Crippen LogP contribution in [-0.4, -0.2) is 59.0 Å². The van der Waals surface area contributed by atoms with Gasteiger partial charge in [0.2, 0.25) is 5.16 Å². The van der Waals surface area contributed by atoms with Crippen molar-refractivity contribution in [1.29, 1.82) is 0 Å². The van der Waals surface area contributed by atoms with Gasteiger partial charge in [-0.2, -0.15) is 0 Å². The highest BCUT2D eigenvalue weighted by Gasteiger charge is 2.31. The molecule has 0 saturated carbocycles. The lowest BCUT2D eigenvalue weighted by Gasteiger charge is -2.18. The van der Waals surface area contributed by atoms with Gasteiger partial charge in [0.1, 0.15) is 23.7 Å². The van der Waals surface area contributed by atoms with Crippen LogP contribution in [-0.2, 0) is 36.1 Å². The maximum absolute atomic E-state index is 14.0. The van der Waals surface area contributed by atoms with Crippen LogP contribution < -0.4 is 14.6 Å². The second kappa shape index (κ2) is 11.4. The first-order valence-corrected chi connectivity index (χ1v) is 14.8. The number of hydrogen-bond acceptors (Lipinski definition) is 10. The zero-order valence-corrected chi connectivity index (χ0v) is 24.2. The summed E-state index contributed by atoms with van der Waals surface area (Å²) in [7, 11) is -3.21. The van der Waals surface area contributed by atoms with Gasteiger partial charge in [-0.1, -0.05) is 0 Å². The van der Waals surface area contributed by atoms with E-state index in [9.17, 15) is 22.5 Å². The largest absolute Gasteiger partial charge is 0.546 e. The zero-order chi connectivity index (χ0) is 29.2. The molecule has 1 aromatic carbocycles. The van der Waals surface area contributed by atoms with E-state index < -0.39 is 39.0 Å². The van der Waals surface area contributed by atoms with Gasteiger partial charge in [-0.15, -0.1) is 0 Å². The quantitative estimate of drug-likeness (QED) is 0.345. The molecule has 4 rings (SSSR count). The third-order valence-electron chi connectivity index (χ3n) is 6.40. The fraction of sp³-hybridized carbons (Fsp3) is 0.296. The summed E-state index contributed by atoms with van der Waals surface area (Å²) in [5, 5.41) is 10.5. The molecule has 0 fully saturated rings. The Balaban J connectivity index is 1.82. The van der Waals surface area contributed by atoms with Gasteiger partial charge in [0.25, 0.3) is 10.0 Å². The lowest BCUT2D eigenvalue weighted by atomic mass is 10.1. The summed E-state index contributed by atoms with van der Waals surface area (Å²) >= 11 is 0. The average molecular weight is 587 g/mol. The van der Waals surface area contributed by atoms with Crippen LogP contribution in [0.3, 0.4) is 0 Å². The Morgan fingerprint density at radius 1 is 1.12 bits per heavy atom. The standard InChI is InChI=1S/C27H29N3O8S2/c1-17-14-28-22(18(2)25(17)36-4)16-39(33)26-29-21-10-12-27(3,37-5)13-11-23(21)30(26)40(34,35)20-8-6-19(7-9-20)38-15-24(31)32/h6-14H,15-16H2,1-5H3,(H,31,32)/p-1. The SMILES string of the molecule is COc1c(C)cnc(CS(=O)c2nc3c(n2S(=O)(=O)c2ccc(OCC(=O)[O-])cc2)C=CC(C)(OC)C=C3)c1C. The molecule has 1 aliphatic rings. The molecular weight excluding hydrogens is 558 g/mol. The summed E-state index contributed by atoms with van der Waals surface area (Å²) in [6.07, 6.45) is 8.22. The number of methoxy groups -OCH3 is 2. The highest BCUT2D eigenvalue weighted by atomic mass is 32.2. The van der Waals surface area contributed by atoms with E-state index in [4.69, 9.17) is 14.2 Å². The van der Waals surface area contributed by atoms with Crippen LogP contribution in [0.4, 0.5) is 0 Å². The van der Waals surface area contributed by atoms with E-state index in [1.807, 2.05) is 6.92 Å². The molecule has 0 bridgehead atoms. The van der Waals surface area contributed by atoms with Gasteiger partial charge < -0.3 is 24.1 Å². The molecule has 212 valence electrons. The van der Waals surface area contributed by atoms with Crippen LogP contribution in [0.1, 0.15) is 35.1 Å². The highest BCUT2D eigenvalue weighted by molar-refractivity contribution is 7.91. The van der Waals surface area contributed by atoms with E-state index in [1.165, 1.54) is 38.5 Å². The van der Waals surface area contributed by atoms with Crippen LogP contribution in [0.15, 0.2) is 52.7 Å². The number of benzene rings is 1. The van der Waals surface area contributed by atoms with Gasteiger partial charge in [0.05, 0.1) is 51.6 Å². The Bertz CT molecular complexity index is 1640. The van der Waals surface area contributed by atoms with Gasteiger partial charge in [-0.3, -0.25) is 9.19 Å². The predicted molar refractivity (Wildman–Crippen MR) is 146 cm³/mol. The van der Waals surface area contributed by atoms with Crippen molar-refractivity contribution < 1.29 is 36.7 Å². The molecule has 2 aromatic heterocycles. The number of aryl methyl sites for hydroxylation is 1. The first kappa shape index (κ1) is 29.2. The predicted octanol–water partition coefficient (Wildman–Crippen LogP) is 2.02. The number of aliphatic carboxylic acids is 1. The molecule has 2 unspecified atom stereocenters. The maximum atomic E-state index is 14.0. The number of pyridine rings is 1. The monoisotopic (exact) mass is 586 g/mol. The first-order chi connectivity index (χ1) is 18.9. The fourth-order valence-corrected chi connectivity index (χ4v) is 7.15. The lowest BCUT2D eigenvalue weighted by Crippen LogP contribution is -2.28. The van der Waals surface area contributed by atoms with E-state index in [0.717, 1.165) is 9.54 Å². The number of ether oxygens (including phenoxy) is 3. The molecule has 3 aromatic rings. The topological polar surface area (TPSA) is 150 Å². The van der Waals surface area contributed by atoms with E-state index in [-0.39, 0.29) is 27.2 Å². The van der Waals surface area contributed by atoms with Crippen molar-refractivity contribution in [2.45, 2.75) is 42.2 Å². The Kier molecular flexibility index (Phi) is 8.28. The molecule has 11 nitrogen and oxygen atoms in total. The molecule has 13 heteroatoms. The molecule has 0 saturated heterocycles. The first-order valence-electron chi connectivity index (χ1n) is 12.0. The van der Waals surface area contributed by atoms with Crippen molar-refractivity contribution in [3.05, 3.63) is 70.8 Å². The molecule has 1 aliphatic carbocycles. The van der Waals surface area contributed by atoms with Gasteiger partial charge in [-0.25, -0.2) is 17.4 Å². The third kappa shape index (κ3) is 5.71. The van der Waals surface area contributed by atoms with Crippen LogP contribution in [0.2, 0.25) is 0 Å². The Morgan fingerprint density at radius 2 is 1.80 bits per heavy atom. The number of rotatable bonds is 10. The number of hydrogen-bond donors (Lipinski definition) is 0. The number of carbonyl (C=O) groups excluding carboxylic acids is 1. The van der Waals surface area contributed by atoms with Crippen LogP contribution >= 0.6 is 0 Å². The Hall–Kier alpha value is -3.81. The van der Waals surface area contributed by atoms with E-state index in [0.29, 0.717) is 22.7 Å². The molecule has 0 spiro atoms. The summed E-state index contributed by atoms with van der Waals surface area (Å²) < 4.78 is 58.8. The molecule has 40 heavy (non-hydrogen) atoms. The average Bonchev–Trinajstić information content (AvgIpc) is 3.23. The minimum Gasteiger partial charge on any atom is -0.546 e. The number of carboxylic acid groups (broad SMARTS) is 1. The third-order valence-corrected chi connectivity index (χ3v) is 9.45. The number of imidazole rings is 1. The minimum absolute atomic E-state index is 0.104. The molecule has 0 aliphatic heterocycles. The lowest BCUT2D eigenvalue weighted by molar-refractivity contribution is -0.307. The zero-order valence-electron chi connectivity index (χ0n) is 22.5. The van der Waals surface area contributed by atoms with Gasteiger partial charge >= 0.3 is 0 Å². The minimum atomic E-state index is -4.34. The van der Waals surface area contributed by atoms with Crippen LogP contribution in [0, 0.1) is 13.8 Å². The van der Waals surface area contributed by atoms with Crippen molar-refractivity contribution in [1.82, 2.24) is 13.9 Å². The van der Waals surface area contributed by atoms with Gasteiger partial charge in [0.15, 0.2) is 0 Å². The second-order valence-electron chi connectivity index (χ2n) is 9.16. The number of nitrogens with zero attached hydrogens (tertiary/aromatic N) is 3. The van der Waals surface area contributed by atoms with Crippen LogP contribution in [0.5, 0.6) is 11.5 Å². The summed E-state index contributed by atoms with van der Waals surface area (Å²) in [5.41, 5.74) is 1.67. The maximum Gasteiger partial charge on any atom is 0.270 e. The van der Waals surface area contributed by atoms with Gasteiger partial charge in [0, 0.05) is 24.4 Å². The Morgan fingerprint density at radius 3 is 2.42 bits per heavy atom. The molecule has 0 N–H and O–H groups in total. The van der Waals surface area contributed by atoms with E-state index in [1.54, 1.807) is 44.3 Å². The molecule has 2 atom stereocenters. The number of fused-ring (bicyclic) bond motifs is 1. The van der Waals surface area contributed by atoms with Crippen molar-refractivity contribution >= 4 is 38.9 Å². The number of aromatic nitrogens is 3. The van der Waals surface area contributed by atoms with Crippen molar-refractivity contribution in [3.63, 3.8) is 0 Å². The van der Waals surface area contributed by atoms with Crippen molar-refractivity contribution in [2.24, 2.45) is 0 Å². The summed E-state index contributed by atoms with van der Waals surface area (Å²) in [5.74, 6) is -0.763. The summed E-state index contributed by atoms with van der Waals surface area (Å²) in [4.78, 5) is 19.4. The van der Waals surface area contributed by atoms with E-state index in [2.05, 4.69) is 9.97 Å². The van der Waals surface area contributed by atoms with Gasteiger partial charge in [-0.05, 0) is 69.3 Å². The fourth-order valence-electron chi connectivity index (χ4n) is 4.11. The number of carboxylic acids is 1. The van der Waals surface area contributed by atoms with Crippen molar-refractivity contribution in [2.75, 3.05) is 20.8 Å². The molecule has 0 amide bonds. The smallest absolute Gasteiger partial charge is 0.270 e. The normalized spacial score (nSPS) is 17.2. The summed E-state index contributed by atoms with van der Waals surface area (Å²) in [6, 6.07) is 5.19. The summed E-state index contributed by atoms with van der Waals surface area (Å²) in [6.45, 7) is 4.76. The Labute approximate surface area is 234 Å². The molecule has 2 heterocycles. The number of carbonyl (C=O) groups is 1. The highest BCUT2D eigenvalue weighted by Crippen LogP contribution is 2.32. The molecule has 0 radical (unpaired) electrons.